The van der Waals surface area contributed by atoms with Gasteiger partial charge in [-0.3, -0.25) is 4.79 Å². The third-order valence-corrected chi connectivity index (χ3v) is 3.93. The van der Waals surface area contributed by atoms with Crippen LogP contribution in [-0.4, -0.2) is 21.6 Å². The highest BCUT2D eigenvalue weighted by Crippen LogP contribution is 2.23. The highest BCUT2D eigenvalue weighted by Gasteiger charge is 2.07. The fourth-order valence-electron chi connectivity index (χ4n) is 1.55. The minimum Gasteiger partial charge on any atom is -0.326 e. The standard InChI is InChI=1S/C14H14ClN3OS/c1-10-11(15)4-2-5-12(10)18-13(19)6-9-20-14-16-7-3-8-17-14/h2-5,7-8H,6,9H2,1H3,(H,18,19). The van der Waals surface area contributed by atoms with Crippen LogP contribution in [-0.2, 0) is 4.79 Å². The van der Waals surface area contributed by atoms with Crippen molar-refractivity contribution in [2.24, 2.45) is 0 Å². The number of anilines is 1. The molecule has 0 saturated carbocycles. The maximum Gasteiger partial charge on any atom is 0.225 e. The number of amides is 1. The summed E-state index contributed by atoms with van der Waals surface area (Å²) in [6.45, 7) is 1.88. The molecule has 0 unspecified atom stereocenters. The summed E-state index contributed by atoms with van der Waals surface area (Å²) < 4.78 is 0. The Morgan fingerprint density at radius 2 is 2.05 bits per heavy atom. The van der Waals surface area contributed by atoms with Crippen LogP contribution < -0.4 is 5.32 Å². The van der Waals surface area contributed by atoms with Gasteiger partial charge < -0.3 is 5.32 Å². The second-order valence-corrected chi connectivity index (χ2v) is 5.56. The van der Waals surface area contributed by atoms with E-state index in [1.54, 1.807) is 24.5 Å². The lowest BCUT2D eigenvalue weighted by molar-refractivity contribution is -0.115. The van der Waals surface area contributed by atoms with Crippen LogP contribution in [0, 0.1) is 6.92 Å². The van der Waals surface area contributed by atoms with E-state index >= 15 is 0 Å². The molecule has 0 aliphatic carbocycles. The predicted molar refractivity (Wildman–Crippen MR) is 82.2 cm³/mol. The Morgan fingerprint density at radius 3 is 2.80 bits per heavy atom. The van der Waals surface area contributed by atoms with Gasteiger partial charge in [-0.1, -0.05) is 29.4 Å². The van der Waals surface area contributed by atoms with Crippen molar-refractivity contribution in [2.75, 3.05) is 11.1 Å². The molecule has 20 heavy (non-hydrogen) atoms. The molecule has 0 fully saturated rings. The van der Waals surface area contributed by atoms with Crippen LogP contribution in [0.3, 0.4) is 0 Å². The van der Waals surface area contributed by atoms with Crippen molar-refractivity contribution in [3.63, 3.8) is 0 Å². The summed E-state index contributed by atoms with van der Waals surface area (Å²) in [6, 6.07) is 7.22. The van der Waals surface area contributed by atoms with E-state index < -0.39 is 0 Å². The summed E-state index contributed by atoms with van der Waals surface area (Å²) in [7, 11) is 0. The average Bonchev–Trinajstić information content (AvgIpc) is 2.45. The van der Waals surface area contributed by atoms with E-state index in [4.69, 9.17) is 11.6 Å². The zero-order valence-corrected chi connectivity index (χ0v) is 12.5. The lowest BCUT2D eigenvalue weighted by Crippen LogP contribution is -2.13. The molecule has 1 heterocycles. The third kappa shape index (κ3) is 4.21. The molecule has 2 aromatic rings. The molecule has 0 radical (unpaired) electrons. The number of rotatable bonds is 5. The van der Waals surface area contributed by atoms with Gasteiger partial charge in [0.1, 0.15) is 0 Å². The monoisotopic (exact) mass is 307 g/mol. The highest BCUT2D eigenvalue weighted by atomic mass is 35.5. The highest BCUT2D eigenvalue weighted by molar-refractivity contribution is 7.99. The number of carbonyl (C=O) groups is 1. The van der Waals surface area contributed by atoms with E-state index in [0.29, 0.717) is 22.4 Å². The number of hydrogen-bond donors (Lipinski definition) is 1. The van der Waals surface area contributed by atoms with Gasteiger partial charge in [-0.25, -0.2) is 9.97 Å². The Hall–Kier alpha value is -1.59. The second-order valence-electron chi connectivity index (χ2n) is 4.09. The number of halogens is 1. The van der Waals surface area contributed by atoms with Crippen molar-refractivity contribution in [1.82, 2.24) is 9.97 Å². The van der Waals surface area contributed by atoms with E-state index in [2.05, 4.69) is 15.3 Å². The fourth-order valence-corrected chi connectivity index (χ4v) is 2.47. The van der Waals surface area contributed by atoms with Crippen LogP contribution in [0.1, 0.15) is 12.0 Å². The molecular formula is C14H14ClN3OS. The molecule has 6 heteroatoms. The Kier molecular flexibility index (Phi) is 5.38. The molecule has 104 valence electrons. The molecule has 2 rings (SSSR count). The largest absolute Gasteiger partial charge is 0.326 e. The first-order chi connectivity index (χ1) is 9.66. The second kappa shape index (κ2) is 7.26. The number of hydrogen-bond acceptors (Lipinski definition) is 4. The first-order valence-corrected chi connectivity index (χ1v) is 7.48. The van der Waals surface area contributed by atoms with Gasteiger partial charge in [0.25, 0.3) is 0 Å². The Bertz CT molecular complexity index is 592. The molecule has 1 N–H and O–H groups in total. The maximum atomic E-state index is 11.9. The van der Waals surface area contributed by atoms with Gasteiger partial charge in [-0.05, 0) is 30.7 Å². The molecule has 1 amide bonds. The topological polar surface area (TPSA) is 54.9 Å². The molecule has 0 spiro atoms. The molecule has 4 nitrogen and oxygen atoms in total. The molecule has 0 atom stereocenters. The summed E-state index contributed by atoms with van der Waals surface area (Å²) in [6.07, 6.45) is 3.77. The van der Waals surface area contributed by atoms with E-state index in [9.17, 15) is 4.79 Å². The average molecular weight is 308 g/mol. The summed E-state index contributed by atoms with van der Waals surface area (Å²) in [5, 5.41) is 4.19. The number of thioether (sulfide) groups is 1. The summed E-state index contributed by atoms with van der Waals surface area (Å²) >= 11 is 7.47. The van der Waals surface area contributed by atoms with Crippen LogP contribution in [0.25, 0.3) is 0 Å². The molecule has 0 bridgehead atoms. The number of carbonyl (C=O) groups excluding carboxylic acids is 1. The first kappa shape index (κ1) is 14.8. The van der Waals surface area contributed by atoms with Gasteiger partial charge in [0, 0.05) is 35.3 Å². The quantitative estimate of drug-likeness (QED) is 0.678. The molecule has 0 aliphatic heterocycles. The molecule has 0 aliphatic rings. The minimum atomic E-state index is -0.0428. The normalized spacial score (nSPS) is 10.3. The zero-order valence-electron chi connectivity index (χ0n) is 11.0. The van der Waals surface area contributed by atoms with Gasteiger partial charge in [-0.15, -0.1) is 0 Å². The number of aromatic nitrogens is 2. The van der Waals surface area contributed by atoms with Crippen molar-refractivity contribution < 1.29 is 4.79 Å². The molecule has 1 aromatic carbocycles. The van der Waals surface area contributed by atoms with Gasteiger partial charge in [0.05, 0.1) is 0 Å². The number of benzene rings is 1. The summed E-state index contributed by atoms with van der Waals surface area (Å²) in [5.74, 6) is 0.592. The smallest absolute Gasteiger partial charge is 0.225 e. The van der Waals surface area contributed by atoms with E-state index in [0.717, 1.165) is 11.3 Å². The van der Waals surface area contributed by atoms with Crippen LogP contribution >= 0.6 is 23.4 Å². The van der Waals surface area contributed by atoms with Crippen molar-refractivity contribution in [1.29, 1.82) is 0 Å². The first-order valence-electron chi connectivity index (χ1n) is 6.11. The SMILES string of the molecule is Cc1c(Cl)cccc1NC(=O)CCSc1ncccn1. The van der Waals surface area contributed by atoms with Crippen LogP contribution in [0.4, 0.5) is 5.69 Å². The molecule has 1 aromatic heterocycles. The lowest BCUT2D eigenvalue weighted by atomic mass is 10.2. The Labute approximate surface area is 127 Å². The van der Waals surface area contributed by atoms with Crippen LogP contribution in [0.2, 0.25) is 5.02 Å². The Morgan fingerprint density at radius 1 is 1.30 bits per heavy atom. The van der Waals surface area contributed by atoms with Crippen molar-refractivity contribution in [3.05, 3.63) is 47.2 Å². The van der Waals surface area contributed by atoms with Gasteiger partial charge in [-0.2, -0.15) is 0 Å². The fraction of sp³-hybridized carbons (Fsp3) is 0.214. The summed E-state index contributed by atoms with van der Waals surface area (Å²) in [5.41, 5.74) is 1.63. The lowest BCUT2D eigenvalue weighted by Gasteiger charge is -2.09. The zero-order chi connectivity index (χ0) is 14.4. The van der Waals surface area contributed by atoms with E-state index in [1.165, 1.54) is 11.8 Å². The van der Waals surface area contributed by atoms with Crippen molar-refractivity contribution in [3.8, 4) is 0 Å². The van der Waals surface area contributed by atoms with Gasteiger partial charge in [0.15, 0.2) is 5.16 Å². The molecule has 0 saturated heterocycles. The minimum absolute atomic E-state index is 0.0428. The van der Waals surface area contributed by atoms with E-state index in [1.807, 2.05) is 19.1 Å². The van der Waals surface area contributed by atoms with Gasteiger partial charge in [0.2, 0.25) is 5.91 Å². The maximum absolute atomic E-state index is 11.9. The summed E-state index contributed by atoms with van der Waals surface area (Å²) in [4.78, 5) is 20.0. The third-order valence-electron chi connectivity index (χ3n) is 2.64. The predicted octanol–water partition coefficient (Wildman–Crippen LogP) is 3.56. The van der Waals surface area contributed by atoms with Crippen LogP contribution in [0.5, 0.6) is 0 Å². The van der Waals surface area contributed by atoms with E-state index in [-0.39, 0.29) is 5.91 Å². The van der Waals surface area contributed by atoms with Crippen LogP contribution in [0.15, 0.2) is 41.8 Å². The van der Waals surface area contributed by atoms with Gasteiger partial charge >= 0.3 is 0 Å². The van der Waals surface area contributed by atoms with Crippen molar-refractivity contribution in [2.45, 2.75) is 18.5 Å². The number of nitrogens with one attached hydrogen (secondary N) is 1. The Balaban J connectivity index is 1.82. The molecular weight excluding hydrogens is 294 g/mol. The van der Waals surface area contributed by atoms with Crippen molar-refractivity contribution >= 4 is 35.0 Å². The number of nitrogens with zero attached hydrogens (tertiary/aromatic N) is 2.